The molecule has 0 radical (unpaired) electrons. The van der Waals surface area contributed by atoms with Crippen LogP contribution in [0.15, 0.2) is 29.6 Å². The van der Waals surface area contributed by atoms with Gasteiger partial charge in [0.05, 0.1) is 17.8 Å². The second-order valence-corrected chi connectivity index (χ2v) is 11.6. The number of nitrogens with one attached hydrogen (secondary N) is 5. The van der Waals surface area contributed by atoms with Crippen molar-refractivity contribution in [3.63, 3.8) is 0 Å². The molecule has 2 aliphatic rings. The third-order valence-electron chi connectivity index (χ3n) is 7.64. The molecule has 0 unspecified atom stereocenters. The molecule has 0 spiro atoms. The largest absolute Gasteiger partial charge is 0.367 e. The lowest BCUT2D eigenvalue weighted by Gasteiger charge is -2.25. The fourth-order valence-electron chi connectivity index (χ4n) is 5.47. The van der Waals surface area contributed by atoms with Crippen molar-refractivity contribution < 1.29 is 0 Å². The van der Waals surface area contributed by atoms with Gasteiger partial charge in [-0.1, -0.05) is 31.4 Å². The Morgan fingerprint density at radius 3 is 2.61 bits per heavy atom. The second-order valence-electron chi connectivity index (χ2n) is 10.7. The van der Waals surface area contributed by atoms with Gasteiger partial charge < -0.3 is 26.6 Å². The van der Waals surface area contributed by atoms with E-state index in [1.807, 2.05) is 6.07 Å². The van der Waals surface area contributed by atoms with E-state index in [0.717, 1.165) is 86.2 Å². The molecule has 3 aromatic rings. The van der Waals surface area contributed by atoms with Gasteiger partial charge in [0.15, 0.2) is 0 Å². The van der Waals surface area contributed by atoms with E-state index in [9.17, 15) is 0 Å². The number of piperidine rings is 1. The quantitative estimate of drug-likeness (QED) is 0.189. The summed E-state index contributed by atoms with van der Waals surface area (Å²) in [6.45, 7) is 6.01. The van der Waals surface area contributed by atoms with Gasteiger partial charge in [0.2, 0.25) is 5.95 Å². The Labute approximate surface area is 231 Å². The zero-order chi connectivity index (χ0) is 25.8. The van der Waals surface area contributed by atoms with Crippen LogP contribution < -0.4 is 26.6 Å². The first-order valence-electron chi connectivity index (χ1n) is 14.7. The molecule has 0 atom stereocenters. The highest BCUT2D eigenvalue weighted by atomic mass is 32.1. The first-order chi connectivity index (χ1) is 18.8. The maximum Gasteiger partial charge on any atom is 0.225 e. The molecule has 1 aromatic carbocycles. The number of hydrogen-bond acceptors (Lipinski definition) is 9. The van der Waals surface area contributed by atoms with Crippen molar-refractivity contribution in [1.82, 2.24) is 30.9 Å². The van der Waals surface area contributed by atoms with Gasteiger partial charge in [0.25, 0.3) is 0 Å². The summed E-state index contributed by atoms with van der Waals surface area (Å²) in [5, 5.41) is 22.2. The number of nitrogens with zero attached hydrogens (tertiary/aromatic N) is 3. The van der Waals surface area contributed by atoms with E-state index in [4.69, 9.17) is 15.0 Å². The lowest BCUT2D eigenvalue weighted by molar-refractivity contribution is 0.371. The van der Waals surface area contributed by atoms with Gasteiger partial charge in [-0.3, -0.25) is 0 Å². The van der Waals surface area contributed by atoms with Crippen molar-refractivity contribution in [3.8, 4) is 0 Å². The number of hydrogen-bond donors (Lipinski definition) is 5. The topological polar surface area (TPSA) is 98.8 Å². The van der Waals surface area contributed by atoms with Crippen LogP contribution in [0.4, 0.5) is 11.8 Å². The van der Waals surface area contributed by atoms with Crippen LogP contribution in [0.5, 0.6) is 0 Å². The number of benzene rings is 1. The van der Waals surface area contributed by atoms with E-state index in [0.29, 0.717) is 18.5 Å². The van der Waals surface area contributed by atoms with Gasteiger partial charge in [-0.25, -0.2) is 9.97 Å². The van der Waals surface area contributed by atoms with Crippen LogP contribution in [0.1, 0.15) is 68.5 Å². The summed E-state index contributed by atoms with van der Waals surface area (Å²) < 4.78 is 0. The first kappa shape index (κ1) is 27.2. The SMILES string of the molecule is c1ccc2c(NC3CCNCC3)nc(NCc3nc(CCCNCCCNC4CCCCC4)cs3)nc2c1. The Morgan fingerprint density at radius 2 is 1.71 bits per heavy atom. The molecule has 1 saturated carbocycles. The minimum atomic E-state index is 0.441. The lowest BCUT2D eigenvalue weighted by atomic mass is 9.95. The summed E-state index contributed by atoms with van der Waals surface area (Å²) in [5.74, 6) is 1.57. The van der Waals surface area contributed by atoms with E-state index in [-0.39, 0.29) is 0 Å². The minimum absolute atomic E-state index is 0.441. The van der Waals surface area contributed by atoms with Gasteiger partial charge in [0.1, 0.15) is 10.8 Å². The van der Waals surface area contributed by atoms with Gasteiger partial charge in [-0.15, -0.1) is 11.3 Å². The van der Waals surface area contributed by atoms with Crippen LogP contribution in [-0.2, 0) is 13.0 Å². The molecular formula is C29H44N8S. The van der Waals surface area contributed by atoms with E-state index >= 15 is 0 Å². The van der Waals surface area contributed by atoms with Crippen molar-refractivity contribution in [1.29, 1.82) is 0 Å². The highest BCUT2D eigenvalue weighted by Crippen LogP contribution is 2.24. The molecular weight excluding hydrogens is 492 g/mol. The summed E-state index contributed by atoms with van der Waals surface area (Å²) in [7, 11) is 0. The molecule has 0 bridgehead atoms. The molecule has 2 fully saturated rings. The number of anilines is 2. The number of aromatic nitrogens is 3. The Balaban J connectivity index is 1.03. The lowest BCUT2D eigenvalue weighted by Crippen LogP contribution is -2.35. The highest BCUT2D eigenvalue weighted by Gasteiger charge is 2.16. The number of rotatable bonds is 14. The smallest absolute Gasteiger partial charge is 0.225 e. The van der Waals surface area contributed by atoms with E-state index in [1.54, 1.807) is 11.3 Å². The number of aryl methyl sites for hydroxylation is 1. The number of para-hydroxylation sites is 1. The molecule has 5 rings (SSSR count). The molecule has 5 N–H and O–H groups in total. The number of fused-ring (bicyclic) bond motifs is 1. The van der Waals surface area contributed by atoms with Crippen LogP contribution in [0.25, 0.3) is 10.9 Å². The Hall–Kier alpha value is -2.33. The van der Waals surface area contributed by atoms with Crippen LogP contribution in [0.3, 0.4) is 0 Å². The summed E-state index contributed by atoms with van der Waals surface area (Å²) >= 11 is 1.71. The third kappa shape index (κ3) is 8.33. The Bertz CT molecular complexity index is 1110. The molecule has 206 valence electrons. The molecule has 1 aliphatic carbocycles. The van der Waals surface area contributed by atoms with Gasteiger partial charge >= 0.3 is 0 Å². The molecule has 8 nitrogen and oxygen atoms in total. The predicted octanol–water partition coefficient (Wildman–Crippen LogP) is 4.70. The maximum absolute atomic E-state index is 4.84. The Kier molecular flexibility index (Phi) is 10.6. The van der Waals surface area contributed by atoms with Gasteiger partial charge in [0, 0.05) is 22.8 Å². The molecule has 1 saturated heterocycles. The van der Waals surface area contributed by atoms with Gasteiger partial charge in [-0.05, 0) is 89.8 Å². The summed E-state index contributed by atoms with van der Waals surface area (Å²) in [6.07, 6.45) is 12.5. The Morgan fingerprint density at radius 1 is 0.868 bits per heavy atom. The summed E-state index contributed by atoms with van der Waals surface area (Å²) in [6, 6.07) is 9.44. The average molecular weight is 537 g/mol. The molecule has 2 aromatic heterocycles. The van der Waals surface area contributed by atoms with Crippen molar-refractivity contribution >= 4 is 34.0 Å². The fraction of sp³-hybridized carbons (Fsp3) is 0.621. The minimum Gasteiger partial charge on any atom is -0.367 e. The van der Waals surface area contributed by atoms with Crippen LogP contribution in [0, 0.1) is 0 Å². The van der Waals surface area contributed by atoms with Crippen LogP contribution >= 0.6 is 11.3 Å². The van der Waals surface area contributed by atoms with Crippen LogP contribution in [-0.4, -0.2) is 59.8 Å². The van der Waals surface area contributed by atoms with Gasteiger partial charge in [-0.2, -0.15) is 4.98 Å². The standard InChI is InChI=1S/C29H44N8S/c1-2-8-22(9-3-1)32-17-7-16-30-15-6-10-24-21-38-27(34-24)20-33-29-36-26-12-5-4-11-25(26)28(37-29)35-23-13-18-31-19-14-23/h4-5,11-12,21-23,30-32H,1-3,6-10,13-20H2,(H2,33,35,36,37). The van der Waals surface area contributed by atoms with Crippen LogP contribution in [0.2, 0.25) is 0 Å². The van der Waals surface area contributed by atoms with Crippen molar-refractivity contribution in [2.45, 2.75) is 82.8 Å². The average Bonchev–Trinajstić information content (AvgIpc) is 3.42. The monoisotopic (exact) mass is 536 g/mol. The number of thiazole rings is 1. The third-order valence-corrected chi connectivity index (χ3v) is 8.53. The molecule has 1 aliphatic heterocycles. The van der Waals surface area contributed by atoms with Crippen molar-refractivity contribution in [3.05, 3.63) is 40.3 Å². The van der Waals surface area contributed by atoms with Crippen molar-refractivity contribution in [2.24, 2.45) is 0 Å². The van der Waals surface area contributed by atoms with Crippen molar-refractivity contribution in [2.75, 3.05) is 43.4 Å². The second kappa shape index (κ2) is 14.7. The normalized spacial score (nSPS) is 17.2. The maximum atomic E-state index is 4.84. The van der Waals surface area contributed by atoms with E-state index in [2.05, 4.69) is 50.2 Å². The molecule has 9 heteroatoms. The van der Waals surface area contributed by atoms with E-state index in [1.165, 1.54) is 44.2 Å². The fourth-order valence-corrected chi connectivity index (χ4v) is 6.24. The first-order valence-corrected chi connectivity index (χ1v) is 15.6. The molecule has 0 amide bonds. The summed E-state index contributed by atoms with van der Waals surface area (Å²) in [5.41, 5.74) is 2.14. The predicted molar refractivity (Wildman–Crippen MR) is 159 cm³/mol. The summed E-state index contributed by atoms with van der Waals surface area (Å²) in [4.78, 5) is 14.4. The molecule has 38 heavy (non-hydrogen) atoms. The zero-order valence-corrected chi connectivity index (χ0v) is 23.4. The highest BCUT2D eigenvalue weighted by molar-refractivity contribution is 7.09. The van der Waals surface area contributed by atoms with E-state index < -0.39 is 0 Å². The zero-order valence-electron chi connectivity index (χ0n) is 22.6. The molecule has 3 heterocycles.